The van der Waals surface area contributed by atoms with Crippen molar-refractivity contribution in [2.45, 2.75) is 13.3 Å². The number of carbonyl (C=O) groups is 1. The van der Waals surface area contributed by atoms with Gasteiger partial charge in [0.25, 0.3) is 5.91 Å². The molecule has 0 saturated carbocycles. The van der Waals surface area contributed by atoms with E-state index in [4.69, 9.17) is 17.0 Å². The van der Waals surface area contributed by atoms with Crippen LogP contribution in [0.25, 0.3) is 0 Å². The fraction of sp³-hybridized carbons (Fsp3) is 0.176. The van der Waals surface area contributed by atoms with Crippen LogP contribution in [0.15, 0.2) is 54.6 Å². The standard InChI is InChI=1S/C17H18N2O2S/c1-2-12-21-15-11-7-6-10-14(15)16(20)19-17(22)18-13-8-4-3-5-9-13/h3-11H,2,12H2,1H3,(H2,18,19,20,22). The first-order chi connectivity index (χ1) is 10.7. The zero-order valence-corrected chi connectivity index (χ0v) is 13.2. The molecule has 2 N–H and O–H groups in total. The van der Waals surface area contributed by atoms with Crippen LogP contribution in [0.3, 0.4) is 0 Å². The summed E-state index contributed by atoms with van der Waals surface area (Å²) in [5.74, 6) is 0.268. The maximum Gasteiger partial charge on any atom is 0.261 e. The van der Waals surface area contributed by atoms with E-state index in [1.807, 2.05) is 43.3 Å². The number of para-hydroxylation sites is 2. The van der Waals surface area contributed by atoms with Gasteiger partial charge in [-0.1, -0.05) is 37.3 Å². The number of amides is 1. The highest BCUT2D eigenvalue weighted by Gasteiger charge is 2.13. The van der Waals surface area contributed by atoms with Crippen LogP contribution in [0.5, 0.6) is 5.75 Å². The molecular formula is C17H18N2O2S. The van der Waals surface area contributed by atoms with Crippen LogP contribution in [0.4, 0.5) is 5.69 Å². The van der Waals surface area contributed by atoms with Gasteiger partial charge in [-0.25, -0.2) is 0 Å². The topological polar surface area (TPSA) is 50.4 Å². The molecule has 0 fully saturated rings. The zero-order valence-electron chi connectivity index (χ0n) is 12.3. The molecule has 5 heteroatoms. The number of hydrogen-bond donors (Lipinski definition) is 2. The molecule has 114 valence electrons. The Hall–Kier alpha value is -2.40. The summed E-state index contributed by atoms with van der Waals surface area (Å²) in [5.41, 5.74) is 1.29. The quantitative estimate of drug-likeness (QED) is 0.828. The van der Waals surface area contributed by atoms with Crippen molar-refractivity contribution in [3.8, 4) is 5.75 Å². The van der Waals surface area contributed by atoms with Crippen LogP contribution in [0, 0.1) is 0 Å². The first-order valence-corrected chi connectivity index (χ1v) is 7.50. The van der Waals surface area contributed by atoms with Crippen molar-refractivity contribution in [2.24, 2.45) is 0 Å². The minimum Gasteiger partial charge on any atom is -0.493 e. The van der Waals surface area contributed by atoms with Crippen LogP contribution in [0.1, 0.15) is 23.7 Å². The van der Waals surface area contributed by atoms with E-state index < -0.39 is 0 Å². The second kappa shape index (κ2) is 8.14. The van der Waals surface area contributed by atoms with E-state index in [9.17, 15) is 4.79 Å². The molecule has 4 nitrogen and oxygen atoms in total. The first-order valence-electron chi connectivity index (χ1n) is 7.10. The van der Waals surface area contributed by atoms with Crippen molar-refractivity contribution in [1.82, 2.24) is 5.32 Å². The number of benzene rings is 2. The third kappa shape index (κ3) is 4.56. The number of nitrogens with one attached hydrogen (secondary N) is 2. The number of anilines is 1. The van der Waals surface area contributed by atoms with E-state index in [0.717, 1.165) is 12.1 Å². The Morgan fingerprint density at radius 2 is 1.77 bits per heavy atom. The second-order valence-electron chi connectivity index (χ2n) is 4.62. The molecule has 0 aromatic heterocycles. The highest BCUT2D eigenvalue weighted by molar-refractivity contribution is 7.80. The Kier molecular flexibility index (Phi) is 5.91. The molecule has 22 heavy (non-hydrogen) atoms. The van der Waals surface area contributed by atoms with Gasteiger partial charge >= 0.3 is 0 Å². The van der Waals surface area contributed by atoms with Crippen LogP contribution in [0.2, 0.25) is 0 Å². The van der Waals surface area contributed by atoms with E-state index in [0.29, 0.717) is 17.9 Å². The van der Waals surface area contributed by atoms with Crippen LogP contribution < -0.4 is 15.4 Å². The summed E-state index contributed by atoms with van der Waals surface area (Å²) in [6, 6.07) is 16.6. The molecule has 2 aromatic rings. The molecule has 0 aliphatic heterocycles. The molecule has 0 bridgehead atoms. The van der Waals surface area contributed by atoms with Crippen molar-refractivity contribution in [2.75, 3.05) is 11.9 Å². The van der Waals surface area contributed by atoms with Crippen LogP contribution in [-0.2, 0) is 0 Å². The van der Waals surface area contributed by atoms with Crippen LogP contribution in [-0.4, -0.2) is 17.6 Å². The van der Waals surface area contributed by atoms with E-state index in [1.54, 1.807) is 18.2 Å². The van der Waals surface area contributed by atoms with E-state index in [2.05, 4.69) is 10.6 Å². The Morgan fingerprint density at radius 3 is 2.50 bits per heavy atom. The molecule has 0 radical (unpaired) electrons. The zero-order chi connectivity index (χ0) is 15.8. The van der Waals surface area contributed by atoms with Gasteiger partial charge in [0.05, 0.1) is 12.2 Å². The molecule has 2 aromatic carbocycles. The van der Waals surface area contributed by atoms with Gasteiger partial charge in [0.15, 0.2) is 5.11 Å². The predicted molar refractivity (Wildman–Crippen MR) is 92.4 cm³/mol. The monoisotopic (exact) mass is 314 g/mol. The minimum atomic E-state index is -0.292. The van der Waals surface area contributed by atoms with Crippen LogP contribution >= 0.6 is 12.2 Å². The highest BCUT2D eigenvalue weighted by Crippen LogP contribution is 2.18. The second-order valence-corrected chi connectivity index (χ2v) is 5.03. The number of hydrogen-bond acceptors (Lipinski definition) is 3. The van der Waals surface area contributed by atoms with Crippen molar-refractivity contribution in [1.29, 1.82) is 0 Å². The van der Waals surface area contributed by atoms with Gasteiger partial charge in [-0.05, 0) is 42.9 Å². The molecule has 0 aliphatic carbocycles. The Balaban J connectivity index is 2.01. The Labute approximate surface area is 135 Å². The average molecular weight is 314 g/mol. The van der Waals surface area contributed by atoms with Gasteiger partial charge in [0, 0.05) is 5.69 Å². The summed E-state index contributed by atoms with van der Waals surface area (Å²) >= 11 is 5.16. The molecule has 2 rings (SSSR count). The summed E-state index contributed by atoms with van der Waals surface area (Å²) in [4.78, 5) is 12.3. The Bertz CT molecular complexity index is 644. The predicted octanol–water partition coefficient (Wildman–Crippen LogP) is 3.60. The lowest BCUT2D eigenvalue weighted by Crippen LogP contribution is -2.34. The normalized spacial score (nSPS) is 9.86. The summed E-state index contributed by atoms with van der Waals surface area (Å²) in [5, 5.41) is 5.88. The minimum absolute atomic E-state index is 0.251. The van der Waals surface area contributed by atoms with Gasteiger partial charge in [-0.15, -0.1) is 0 Å². The fourth-order valence-corrected chi connectivity index (χ4v) is 2.06. The SMILES string of the molecule is CCCOc1ccccc1C(=O)NC(=S)Nc1ccccc1. The van der Waals surface area contributed by atoms with Gasteiger partial charge in [-0.3, -0.25) is 10.1 Å². The van der Waals surface area contributed by atoms with Gasteiger partial charge in [-0.2, -0.15) is 0 Å². The van der Waals surface area contributed by atoms with E-state index >= 15 is 0 Å². The fourth-order valence-electron chi connectivity index (χ4n) is 1.85. The van der Waals surface area contributed by atoms with Crippen molar-refractivity contribution >= 4 is 28.9 Å². The maximum absolute atomic E-state index is 12.3. The number of rotatable bonds is 5. The van der Waals surface area contributed by atoms with E-state index in [1.165, 1.54) is 0 Å². The molecule has 0 saturated heterocycles. The smallest absolute Gasteiger partial charge is 0.261 e. The summed E-state index contributed by atoms with van der Waals surface area (Å²) in [7, 11) is 0. The molecule has 0 aliphatic rings. The van der Waals surface area contributed by atoms with Crippen molar-refractivity contribution in [3.63, 3.8) is 0 Å². The third-order valence-corrected chi connectivity index (χ3v) is 3.06. The molecule has 0 heterocycles. The molecule has 0 unspecified atom stereocenters. The van der Waals surface area contributed by atoms with Gasteiger partial charge < -0.3 is 10.1 Å². The van der Waals surface area contributed by atoms with Gasteiger partial charge in [0.1, 0.15) is 5.75 Å². The Morgan fingerprint density at radius 1 is 1.09 bits per heavy atom. The highest BCUT2D eigenvalue weighted by atomic mass is 32.1. The number of ether oxygens (including phenoxy) is 1. The van der Waals surface area contributed by atoms with Gasteiger partial charge in [0.2, 0.25) is 0 Å². The molecular weight excluding hydrogens is 296 g/mol. The lowest BCUT2D eigenvalue weighted by atomic mass is 10.2. The third-order valence-electron chi connectivity index (χ3n) is 2.85. The first kappa shape index (κ1) is 16.0. The maximum atomic E-state index is 12.3. The van der Waals surface area contributed by atoms with Crippen molar-refractivity contribution in [3.05, 3.63) is 60.2 Å². The lowest BCUT2D eigenvalue weighted by molar-refractivity contribution is 0.0973. The summed E-state index contributed by atoms with van der Waals surface area (Å²) < 4.78 is 5.58. The molecule has 0 atom stereocenters. The van der Waals surface area contributed by atoms with Crippen molar-refractivity contribution < 1.29 is 9.53 Å². The summed E-state index contributed by atoms with van der Waals surface area (Å²) in [6.45, 7) is 2.58. The largest absolute Gasteiger partial charge is 0.493 e. The molecule has 0 spiro atoms. The number of carbonyl (C=O) groups excluding carboxylic acids is 1. The molecule has 1 amide bonds. The number of thiocarbonyl (C=S) groups is 1. The van der Waals surface area contributed by atoms with E-state index in [-0.39, 0.29) is 11.0 Å². The lowest BCUT2D eigenvalue weighted by Gasteiger charge is -2.12. The average Bonchev–Trinajstić information content (AvgIpc) is 2.54. The summed E-state index contributed by atoms with van der Waals surface area (Å²) in [6.07, 6.45) is 0.879.